The molecule has 0 aliphatic carbocycles. The first-order valence-corrected chi connectivity index (χ1v) is 14.9. The molecule has 0 unspecified atom stereocenters. The van der Waals surface area contributed by atoms with Gasteiger partial charge >= 0.3 is 5.63 Å². The third-order valence-electron chi connectivity index (χ3n) is 7.39. The fourth-order valence-electron chi connectivity index (χ4n) is 5.36. The van der Waals surface area contributed by atoms with Crippen molar-refractivity contribution in [2.45, 2.75) is 26.9 Å². The molecule has 3 nitrogen and oxygen atoms in total. The number of anilines is 1. The van der Waals surface area contributed by atoms with Gasteiger partial charge in [0.1, 0.15) is 34.9 Å². The first kappa shape index (κ1) is 25.0. The van der Waals surface area contributed by atoms with Crippen LogP contribution in [0.5, 0.6) is 0 Å². The van der Waals surface area contributed by atoms with E-state index >= 15 is 0 Å². The average molecular weight is 507 g/mol. The van der Waals surface area contributed by atoms with Crippen molar-refractivity contribution in [1.29, 1.82) is 0 Å². The van der Waals surface area contributed by atoms with E-state index in [2.05, 4.69) is 129 Å². The van der Waals surface area contributed by atoms with Gasteiger partial charge in [-0.15, -0.1) is 0 Å². The van der Waals surface area contributed by atoms with Gasteiger partial charge in [-0.05, 0) is 74.9 Å². The van der Waals surface area contributed by atoms with Gasteiger partial charge in [-0.2, -0.15) is 0 Å². The Morgan fingerprint density at radius 2 is 1.19 bits per heavy atom. The van der Waals surface area contributed by atoms with Crippen LogP contribution in [-0.4, -0.2) is 13.1 Å². The molecule has 4 aromatic carbocycles. The van der Waals surface area contributed by atoms with Crippen LogP contribution in [0.2, 0.25) is 0 Å². The molecule has 0 amide bonds. The highest BCUT2D eigenvalue weighted by Crippen LogP contribution is 2.58. The van der Waals surface area contributed by atoms with E-state index in [1.807, 2.05) is 6.07 Å². The Morgan fingerprint density at radius 1 is 0.703 bits per heavy atom. The number of hydrogen-bond acceptors (Lipinski definition) is 3. The summed E-state index contributed by atoms with van der Waals surface area (Å²) in [5, 5.41) is 4.76. The van der Waals surface area contributed by atoms with Gasteiger partial charge in [-0.3, -0.25) is 0 Å². The zero-order chi connectivity index (χ0) is 25.8. The summed E-state index contributed by atoms with van der Waals surface area (Å²) in [5.41, 5.74) is 3.25. The second-order valence-corrected chi connectivity index (χ2v) is 12.8. The monoisotopic (exact) mass is 506 g/mol. The molecule has 0 aliphatic heterocycles. The predicted molar refractivity (Wildman–Crippen MR) is 160 cm³/mol. The van der Waals surface area contributed by atoms with Crippen LogP contribution >= 0.6 is 7.26 Å². The van der Waals surface area contributed by atoms with Crippen LogP contribution in [0.1, 0.15) is 25.0 Å². The summed E-state index contributed by atoms with van der Waals surface area (Å²) in [4.78, 5) is 15.9. The lowest BCUT2D eigenvalue weighted by Gasteiger charge is -2.28. The maximum absolute atomic E-state index is 13.7. The maximum Gasteiger partial charge on any atom is 0.343 e. The van der Waals surface area contributed by atoms with E-state index in [4.69, 9.17) is 4.42 Å². The van der Waals surface area contributed by atoms with E-state index in [0.717, 1.165) is 35.3 Å². The molecule has 5 aromatic rings. The lowest BCUT2D eigenvalue weighted by Crippen LogP contribution is -2.33. The van der Waals surface area contributed by atoms with Crippen LogP contribution in [0.4, 0.5) is 5.69 Å². The van der Waals surface area contributed by atoms with E-state index in [9.17, 15) is 4.79 Å². The van der Waals surface area contributed by atoms with E-state index in [-0.39, 0.29) is 5.63 Å². The maximum atomic E-state index is 13.7. The third kappa shape index (κ3) is 4.61. The standard InChI is InChI=1S/C33H33NO2P/c1-4-34(5-2)26-21-22-30-25(3)31(33(35)36-32(30)23-26)24-37(27-15-9-6-10-16-27,28-17-11-7-12-18-28)29-19-13-8-14-20-29/h6-23H,4-5,24H2,1-3H3/q+1. The van der Waals surface area contributed by atoms with Crippen molar-refractivity contribution < 1.29 is 4.42 Å². The van der Waals surface area contributed by atoms with E-state index in [0.29, 0.717) is 11.7 Å². The fourth-order valence-corrected chi connectivity index (χ4v) is 9.68. The van der Waals surface area contributed by atoms with Crippen molar-refractivity contribution in [2.75, 3.05) is 18.0 Å². The SMILES string of the molecule is CCN(CC)c1ccc2c(C)c(C[P+](c3ccccc3)(c3ccccc3)c3ccccc3)c(=O)oc2c1. The number of fused-ring (bicyclic) bond motifs is 1. The normalized spacial score (nSPS) is 11.5. The molecule has 0 aliphatic rings. The van der Waals surface area contributed by atoms with Crippen molar-refractivity contribution in [2.24, 2.45) is 0 Å². The first-order valence-electron chi connectivity index (χ1n) is 12.9. The first-order chi connectivity index (χ1) is 18.1. The van der Waals surface area contributed by atoms with Crippen molar-refractivity contribution in [3.05, 3.63) is 131 Å². The molecule has 0 N–H and O–H groups in total. The lowest BCUT2D eigenvalue weighted by molar-refractivity contribution is 0.552. The highest BCUT2D eigenvalue weighted by atomic mass is 31.2. The van der Waals surface area contributed by atoms with Gasteiger partial charge in [0.05, 0.1) is 5.56 Å². The van der Waals surface area contributed by atoms with Crippen molar-refractivity contribution in [3.63, 3.8) is 0 Å². The molecule has 0 radical (unpaired) electrons. The molecular weight excluding hydrogens is 473 g/mol. The van der Waals surface area contributed by atoms with Gasteiger partial charge in [0.15, 0.2) is 0 Å². The van der Waals surface area contributed by atoms with Crippen molar-refractivity contribution in [3.8, 4) is 0 Å². The lowest BCUT2D eigenvalue weighted by atomic mass is 10.1. The molecule has 0 saturated carbocycles. The van der Waals surface area contributed by atoms with Gasteiger partial charge in [-0.25, -0.2) is 4.79 Å². The van der Waals surface area contributed by atoms with Gasteiger partial charge < -0.3 is 9.32 Å². The van der Waals surface area contributed by atoms with Gasteiger partial charge in [-0.1, -0.05) is 54.6 Å². The number of rotatable bonds is 8. The summed E-state index contributed by atoms with van der Waals surface area (Å²) >= 11 is 0. The predicted octanol–water partition coefficient (Wildman–Crippen LogP) is 6.44. The Bertz CT molecular complexity index is 1450. The molecule has 1 aromatic heterocycles. The minimum Gasteiger partial charge on any atom is -0.422 e. The number of benzene rings is 4. The van der Waals surface area contributed by atoms with Crippen LogP contribution in [0.3, 0.4) is 0 Å². The van der Waals surface area contributed by atoms with E-state index in [1.165, 1.54) is 15.9 Å². The number of hydrogen-bond donors (Lipinski definition) is 0. The molecule has 37 heavy (non-hydrogen) atoms. The molecule has 0 saturated heterocycles. The van der Waals surface area contributed by atoms with Crippen molar-refractivity contribution in [1.82, 2.24) is 0 Å². The van der Waals surface area contributed by atoms with Gasteiger partial charge in [0.2, 0.25) is 0 Å². The zero-order valence-corrected chi connectivity index (χ0v) is 22.6. The minimum atomic E-state index is -2.21. The largest absolute Gasteiger partial charge is 0.422 e. The molecule has 0 atom stereocenters. The molecule has 0 spiro atoms. The highest BCUT2D eigenvalue weighted by Gasteiger charge is 2.46. The number of nitrogens with zero attached hydrogens (tertiary/aromatic N) is 1. The summed E-state index contributed by atoms with van der Waals surface area (Å²) in [6.07, 6.45) is 0.604. The molecule has 0 bridgehead atoms. The highest BCUT2D eigenvalue weighted by molar-refractivity contribution is 7.95. The van der Waals surface area contributed by atoms with Crippen LogP contribution in [-0.2, 0) is 6.16 Å². The Morgan fingerprint density at radius 3 is 1.65 bits per heavy atom. The average Bonchev–Trinajstić information content (AvgIpc) is 2.95. The minimum absolute atomic E-state index is 0.242. The second-order valence-electron chi connectivity index (χ2n) is 9.32. The third-order valence-corrected chi connectivity index (χ3v) is 11.7. The van der Waals surface area contributed by atoms with Crippen LogP contribution < -0.4 is 26.4 Å². The van der Waals surface area contributed by atoms with Gasteiger partial charge in [0.25, 0.3) is 0 Å². The summed E-state index contributed by atoms with van der Waals surface area (Å²) in [6, 6.07) is 38.3. The Hall–Kier alpha value is -3.68. The molecule has 186 valence electrons. The molecular formula is C33H33NO2P+. The zero-order valence-electron chi connectivity index (χ0n) is 21.7. The summed E-state index contributed by atoms with van der Waals surface area (Å²) in [5.74, 6) is 0. The van der Waals surface area contributed by atoms with Crippen LogP contribution in [0.25, 0.3) is 11.0 Å². The molecule has 1 heterocycles. The van der Waals surface area contributed by atoms with E-state index < -0.39 is 7.26 Å². The Labute approximate surface area is 219 Å². The molecule has 4 heteroatoms. The fraction of sp³-hybridized carbons (Fsp3) is 0.182. The van der Waals surface area contributed by atoms with Crippen LogP contribution in [0.15, 0.2) is 118 Å². The van der Waals surface area contributed by atoms with Crippen molar-refractivity contribution >= 4 is 39.8 Å². The summed E-state index contributed by atoms with van der Waals surface area (Å²) in [7, 11) is -2.21. The topological polar surface area (TPSA) is 33.5 Å². The second kappa shape index (κ2) is 10.7. The summed E-state index contributed by atoms with van der Waals surface area (Å²) < 4.78 is 6.04. The smallest absolute Gasteiger partial charge is 0.343 e. The summed E-state index contributed by atoms with van der Waals surface area (Å²) in [6.45, 7) is 8.15. The molecule has 0 fully saturated rings. The molecule has 5 rings (SSSR count). The Balaban J connectivity index is 1.75. The van der Waals surface area contributed by atoms with Crippen LogP contribution in [0, 0.1) is 6.92 Å². The van der Waals surface area contributed by atoms with Gasteiger partial charge in [0, 0.05) is 30.2 Å². The quantitative estimate of drug-likeness (QED) is 0.179. The number of aryl methyl sites for hydroxylation is 1. The Kier molecular flexibility index (Phi) is 7.26. The van der Waals surface area contributed by atoms with E-state index in [1.54, 1.807) is 0 Å².